The van der Waals surface area contributed by atoms with Crippen LogP contribution in [0, 0.1) is 0 Å². The van der Waals surface area contributed by atoms with Gasteiger partial charge in [0.05, 0.1) is 0 Å². The van der Waals surface area contributed by atoms with E-state index in [4.69, 9.17) is 0 Å². The first kappa shape index (κ1) is 17.8. The Morgan fingerprint density at radius 3 is 2.00 bits per heavy atom. The lowest BCUT2D eigenvalue weighted by Crippen LogP contribution is -2.37. The summed E-state index contributed by atoms with van der Waals surface area (Å²) >= 11 is 0. The highest BCUT2D eigenvalue weighted by Crippen LogP contribution is 2.38. The van der Waals surface area contributed by atoms with E-state index in [0.29, 0.717) is 6.54 Å². The molecule has 0 fully saturated rings. The Bertz CT molecular complexity index is 1530. The van der Waals surface area contributed by atoms with Crippen molar-refractivity contribution in [1.82, 2.24) is 0 Å². The van der Waals surface area contributed by atoms with Crippen LogP contribution in [0.25, 0.3) is 43.4 Å². The highest BCUT2D eigenvalue weighted by molar-refractivity contribution is 6.25. The third kappa shape index (κ3) is 2.96. The summed E-state index contributed by atoms with van der Waals surface area (Å²) in [5, 5.41) is 7.74. The molecule has 0 bridgehead atoms. The molecule has 0 saturated heterocycles. The van der Waals surface area contributed by atoms with Crippen LogP contribution in [0.1, 0.15) is 10.4 Å². The molecular formula is C29H20NO+. The lowest BCUT2D eigenvalue weighted by atomic mass is 9.90. The van der Waals surface area contributed by atoms with Crippen molar-refractivity contribution >= 4 is 38.1 Å². The molecule has 0 aliphatic rings. The van der Waals surface area contributed by atoms with E-state index in [1.807, 2.05) is 47.3 Å². The zero-order valence-corrected chi connectivity index (χ0v) is 17.0. The van der Waals surface area contributed by atoms with E-state index in [9.17, 15) is 4.79 Å². The molecule has 146 valence electrons. The Labute approximate surface area is 180 Å². The minimum absolute atomic E-state index is 0.112. The van der Waals surface area contributed by atoms with Gasteiger partial charge in [-0.25, -0.2) is 0 Å². The van der Waals surface area contributed by atoms with Crippen molar-refractivity contribution < 1.29 is 9.36 Å². The zero-order valence-electron chi connectivity index (χ0n) is 17.0. The molecule has 6 aromatic rings. The van der Waals surface area contributed by atoms with Gasteiger partial charge in [-0.15, -0.1) is 0 Å². The standard InChI is InChI=1S/C29H20NO/c31-27(21-5-2-1-3-6-21)19-30-17-15-20(16-18-30)25-13-11-24-10-9-22-7-4-8-23-12-14-26(25)29(24)28(22)23/h1-18H,19H2/q+1. The summed E-state index contributed by atoms with van der Waals surface area (Å²) in [6, 6.07) is 33.4. The predicted molar refractivity (Wildman–Crippen MR) is 127 cm³/mol. The number of pyridine rings is 1. The number of rotatable bonds is 4. The summed E-state index contributed by atoms with van der Waals surface area (Å²) in [7, 11) is 0. The van der Waals surface area contributed by atoms with Crippen LogP contribution in [0.2, 0.25) is 0 Å². The molecule has 0 spiro atoms. The number of nitrogens with zero attached hydrogens (tertiary/aromatic N) is 1. The fourth-order valence-electron chi connectivity index (χ4n) is 4.61. The van der Waals surface area contributed by atoms with E-state index in [1.54, 1.807) is 0 Å². The number of carbonyl (C=O) groups excluding carboxylic acids is 1. The molecule has 1 heterocycles. The summed E-state index contributed by atoms with van der Waals surface area (Å²) in [5.41, 5.74) is 3.11. The number of hydrogen-bond donors (Lipinski definition) is 0. The maximum atomic E-state index is 12.5. The lowest BCUT2D eigenvalue weighted by molar-refractivity contribution is -0.683. The van der Waals surface area contributed by atoms with Gasteiger partial charge in [0.15, 0.2) is 12.4 Å². The third-order valence-electron chi connectivity index (χ3n) is 6.15. The Morgan fingerprint density at radius 1 is 0.613 bits per heavy atom. The first-order chi connectivity index (χ1) is 15.3. The highest BCUT2D eigenvalue weighted by Gasteiger charge is 2.14. The molecule has 0 amide bonds. The average molecular weight is 398 g/mol. The van der Waals surface area contributed by atoms with E-state index < -0.39 is 0 Å². The molecule has 0 aliphatic carbocycles. The van der Waals surface area contributed by atoms with Crippen LogP contribution < -0.4 is 4.57 Å². The van der Waals surface area contributed by atoms with Crippen LogP contribution in [0.5, 0.6) is 0 Å². The van der Waals surface area contributed by atoms with Gasteiger partial charge in [0.2, 0.25) is 12.3 Å². The van der Waals surface area contributed by atoms with Gasteiger partial charge in [0, 0.05) is 17.7 Å². The van der Waals surface area contributed by atoms with E-state index in [1.165, 1.54) is 37.9 Å². The number of carbonyl (C=O) groups is 1. The number of benzene rings is 5. The molecule has 2 heteroatoms. The molecule has 31 heavy (non-hydrogen) atoms. The Balaban J connectivity index is 1.41. The molecule has 0 aliphatic heterocycles. The largest absolute Gasteiger partial charge is 0.287 e. The second kappa shape index (κ2) is 7.03. The Morgan fingerprint density at radius 2 is 1.26 bits per heavy atom. The quantitative estimate of drug-likeness (QED) is 0.191. The maximum Gasteiger partial charge on any atom is 0.227 e. The molecule has 0 radical (unpaired) electrons. The third-order valence-corrected chi connectivity index (χ3v) is 6.15. The normalized spacial score (nSPS) is 11.5. The minimum Gasteiger partial charge on any atom is -0.287 e. The number of aromatic nitrogens is 1. The van der Waals surface area contributed by atoms with Gasteiger partial charge < -0.3 is 0 Å². The van der Waals surface area contributed by atoms with E-state index >= 15 is 0 Å². The van der Waals surface area contributed by atoms with Gasteiger partial charge in [0.1, 0.15) is 0 Å². The summed E-state index contributed by atoms with van der Waals surface area (Å²) in [5.74, 6) is 0.112. The van der Waals surface area contributed by atoms with Gasteiger partial charge >= 0.3 is 0 Å². The Kier molecular flexibility index (Phi) is 4.03. The van der Waals surface area contributed by atoms with Crippen molar-refractivity contribution in [3.8, 4) is 11.1 Å². The van der Waals surface area contributed by atoms with Crippen LogP contribution in [-0.4, -0.2) is 5.78 Å². The van der Waals surface area contributed by atoms with Gasteiger partial charge in [0.25, 0.3) is 0 Å². The van der Waals surface area contributed by atoms with Crippen molar-refractivity contribution in [2.24, 2.45) is 0 Å². The zero-order chi connectivity index (χ0) is 20.8. The number of hydrogen-bond acceptors (Lipinski definition) is 1. The minimum atomic E-state index is 0.112. The van der Waals surface area contributed by atoms with E-state index in [-0.39, 0.29) is 5.78 Å². The van der Waals surface area contributed by atoms with E-state index in [0.717, 1.165) is 11.1 Å². The van der Waals surface area contributed by atoms with Crippen molar-refractivity contribution in [3.63, 3.8) is 0 Å². The second-order valence-electron chi connectivity index (χ2n) is 8.02. The monoisotopic (exact) mass is 398 g/mol. The van der Waals surface area contributed by atoms with Crippen molar-refractivity contribution in [2.45, 2.75) is 6.54 Å². The summed E-state index contributed by atoms with van der Waals surface area (Å²) in [4.78, 5) is 12.5. The molecule has 6 rings (SSSR count). The molecule has 0 unspecified atom stereocenters. The number of Topliss-reactive ketones (excluding diaryl/α,β-unsaturated/α-hetero) is 1. The molecule has 1 aromatic heterocycles. The lowest BCUT2D eigenvalue weighted by Gasteiger charge is -2.13. The Hall–Kier alpha value is -4.04. The van der Waals surface area contributed by atoms with E-state index in [2.05, 4.69) is 66.7 Å². The van der Waals surface area contributed by atoms with Gasteiger partial charge in [-0.05, 0) is 43.4 Å². The molecule has 5 aromatic carbocycles. The second-order valence-corrected chi connectivity index (χ2v) is 8.02. The van der Waals surface area contributed by atoms with Crippen LogP contribution in [-0.2, 0) is 6.54 Å². The molecule has 0 atom stereocenters. The topological polar surface area (TPSA) is 20.9 Å². The van der Waals surface area contributed by atoms with Crippen LogP contribution in [0.4, 0.5) is 0 Å². The van der Waals surface area contributed by atoms with Gasteiger partial charge in [-0.1, -0.05) is 84.9 Å². The summed E-state index contributed by atoms with van der Waals surface area (Å²) < 4.78 is 1.94. The molecule has 0 saturated carbocycles. The smallest absolute Gasteiger partial charge is 0.227 e. The van der Waals surface area contributed by atoms with Crippen molar-refractivity contribution in [3.05, 3.63) is 115 Å². The number of ketones is 1. The molecule has 0 N–H and O–H groups in total. The van der Waals surface area contributed by atoms with Gasteiger partial charge in [-0.3, -0.25) is 4.79 Å². The van der Waals surface area contributed by atoms with Crippen molar-refractivity contribution in [1.29, 1.82) is 0 Å². The van der Waals surface area contributed by atoms with Crippen molar-refractivity contribution in [2.75, 3.05) is 0 Å². The summed E-state index contributed by atoms with van der Waals surface area (Å²) in [6.45, 7) is 0.336. The van der Waals surface area contributed by atoms with Gasteiger partial charge in [-0.2, -0.15) is 4.57 Å². The SMILES string of the molecule is O=C(C[n+]1ccc(-c2ccc3ccc4cccc5ccc2c3c45)cc1)c1ccccc1. The molecule has 2 nitrogen and oxygen atoms in total. The maximum absolute atomic E-state index is 12.5. The summed E-state index contributed by atoms with van der Waals surface area (Å²) in [6.07, 6.45) is 3.99. The fourth-order valence-corrected chi connectivity index (χ4v) is 4.61. The van der Waals surface area contributed by atoms with Crippen LogP contribution in [0.3, 0.4) is 0 Å². The van der Waals surface area contributed by atoms with Crippen LogP contribution in [0.15, 0.2) is 109 Å². The molecular weight excluding hydrogens is 378 g/mol. The predicted octanol–water partition coefficient (Wildman–Crippen LogP) is 6.42. The first-order valence-electron chi connectivity index (χ1n) is 10.5. The highest BCUT2D eigenvalue weighted by atomic mass is 16.1. The van der Waals surface area contributed by atoms with Crippen LogP contribution >= 0.6 is 0 Å². The fraction of sp³-hybridized carbons (Fsp3) is 0.0345. The first-order valence-corrected chi connectivity index (χ1v) is 10.5. The average Bonchev–Trinajstić information content (AvgIpc) is 2.83.